The van der Waals surface area contributed by atoms with Crippen LogP contribution in [0, 0.1) is 0 Å². The van der Waals surface area contributed by atoms with Gasteiger partial charge in [0.1, 0.15) is 0 Å². The van der Waals surface area contributed by atoms with E-state index < -0.39 is 0 Å². The lowest BCUT2D eigenvalue weighted by Crippen LogP contribution is -2.41. The number of hydrogen-bond donors (Lipinski definition) is 1. The largest absolute Gasteiger partial charge is 0.384 e. The van der Waals surface area contributed by atoms with Crippen molar-refractivity contribution in [2.75, 3.05) is 26.8 Å². The first-order valence-electron chi connectivity index (χ1n) is 9.14. The molecule has 1 saturated heterocycles. The molecule has 1 N–H and O–H groups in total. The molecule has 0 aliphatic carbocycles. The Bertz CT molecular complexity index is 704. The fraction of sp³-hybridized carbons (Fsp3) is 0.526. The van der Waals surface area contributed by atoms with Crippen molar-refractivity contribution in [1.29, 1.82) is 0 Å². The lowest BCUT2D eigenvalue weighted by Gasteiger charge is -2.19. The standard InChI is InChI=1S/C19H27N5O2/c1-3-15-6-4-5-7-16(15)12-23-13-17(21-19(25)8-11-26-2)18(14-23)24-10-9-20-22-24/h4-7,9-10,17-18H,3,8,11-14H2,1-2H3,(H,21,25)/t17-,18+/m1/s1. The smallest absolute Gasteiger partial charge is 0.222 e. The van der Waals surface area contributed by atoms with Gasteiger partial charge in [0.05, 0.1) is 24.9 Å². The van der Waals surface area contributed by atoms with Crippen LogP contribution in [0.25, 0.3) is 0 Å². The van der Waals surface area contributed by atoms with Gasteiger partial charge in [0.25, 0.3) is 0 Å². The second kappa shape index (κ2) is 8.91. The van der Waals surface area contributed by atoms with Gasteiger partial charge in [-0.25, -0.2) is 4.68 Å². The molecule has 0 saturated carbocycles. The van der Waals surface area contributed by atoms with Crippen LogP contribution in [0.5, 0.6) is 0 Å². The maximum absolute atomic E-state index is 12.2. The SMILES string of the molecule is CCc1ccccc1CN1C[C@@H](NC(=O)CCOC)[C@@H](n2ccnn2)C1. The number of hydrogen-bond acceptors (Lipinski definition) is 5. The minimum Gasteiger partial charge on any atom is -0.384 e. The third kappa shape index (κ3) is 4.47. The number of nitrogens with zero attached hydrogens (tertiary/aromatic N) is 4. The summed E-state index contributed by atoms with van der Waals surface area (Å²) in [6.45, 7) is 5.11. The number of rotatable bonds is 8. The summed E-state index contributed by atoms with van der Waals surface area (Å²) in [4.78, 5) is 14.6. The zero-order chi connectivity index (χ0) is 18.4. The molecule has 0 radical (unpaired) electrons. The molecule has 7 heteroatoms. The molecule has 1 aromatic carbocycles. The molecule has 3 rings (SSSR count). The van der Waals surface area contributed by atoms with Crippen LogP contribution in [-0.4, -0.2) is 58.6 Å². The molecule has 26 heavy (non-hydrogen) atoms. The minimum absolute atomic E-state index is 0.00912. The number of likely N-dealkylation sites (tertiary alicyclic amines) is 1. The van der Waals surface area contributed by atoms with E-state index in [2.05, 4.69) is 51.7 Å². The Labute approximate surface area is 154 Å². The van der Waals surface area contributed by atoms with Crippen LogP contribution in [0.1, 0.15) is 30.5 Å². The van der Waals surface area contributed by atoms with Crippen LogP contribution in [0.4, 0.5) is 0 Å². The molecule has 2 atom stereocenters. The Balaban J connectivity index is 1.70. The van der Waals surface area contributed by atoms with Gasteiger partial charge in [-0.05, 0) is 17.5 Å². The number of aromatic nitrogens is 3. The van der Waals surface area contributed by atoms with E-state index in [1.807, 2.05) is 10.9 Å². The molecule has 2 aromatic rings. The van der Waals surface area contributed by atoms with E-state index in [4.69, 9.17) is 4.74 Å². The zero-order valence-electron chi connectivity index (χ0n) is 15.5. The Kier molecular flexibility index (Phi) is 6.35. The maximum atomic E-state index is 12.2. The fourth-order valence-electron chi connectivity index (χ4n) is 3.57. The lowest BCUT2D eigenvalue weighted by molar-refractivity contribution is -0.122. The van der Waals surface area contributed by atoms with Crippen molar-refractivity contribution in [3.8, 4) is 0 Å². The molecular formula is C19H27N5O2. The summed E-state index contributed by atoms with van der Waals surface area (Å²) in [5.41, 5.74) is 2.72. The highest BCUT2D eigenvalue weighted by Gasteiger charge is 2.35. The second-order valence-electron chi connectivity index (χ2n) is 6.68. The van der Waals surface area contributed by atoms with Crippen LogP contribution in [-0.2, 0) is 22.5 Å². The van der Waals surface area contributed by atoms with Gasteiger partial charge >= 0.3 is 0 Å². The third-order valence-electron chi connectivity index (χ3n) is 4.92. The predicted octanol–water partition coefficient (Wildman–Crippen LogP) is 1.42. The van der Waals surface area contributed by atoms with Crippen LogP contribution < -0.4 is 5.32 Å². The topological polar surface area (TPSA) is 72.3 Å². The summed E-state index contributed by atoms with van der Waals surface area (Å²) in [7, 11) is 1.61. The molecule has 1 aliphatic heterocycles. The Morgan fingerprint density at radius 3 is 2.81 bits per heavy atom. The molecule has 7 nitrogen and oxygen atoms in total. The van der Waals surface area contributed by atoms with Crippen molar-refractivity contribution in [2.24, 2.45) is 0 Å². The van der Waals surface area contributed by atoms with Crippen LogP contribution in [0.15, 0.2) is 36.7 Å². The molecule has 2 heterocycles. The fourth-order valence-corrected chi connectivity index (χ4v) is 3.57. The average molecular weight is 357 g/mol. The van der Waals surface area contributed by atoms with E-state index in [1.165, 1.54) is 11.1 Å². The normalized spacial score (nSPS) is 20.4. The number of carbonyl (C=O) groups is 1. The van der Waals surface area contributed by atoms with Gasteiger partial charge in [-0.3, -0.25) is 9.69 Å². The van der Waals surface area contributed by atoms with Crippen molar-refractivity contribution in [2.45, 2.75) is 38.4 Å². The highest BCUT2D eigenvalue weighted by atomic mass is 16.5. The molecule has 0 bridgehead atoms. The van der Waals surface area contributed by atoms with Gasteiger partial charge in [0, 0.05) is 39.4 Å². The number of ether oxygens (including phenoxy) is 1. The Morgan fingerprint density at radius 1 is 1.31 bits per heavy atom. The van der Waals surface area contributed by atoms with Crippen molar-refractivity contribution in [3.05, 3.63) is 47.8 Å². The van der Waals surface area contributed by atoms with Gasteiger partial charge in [-0.2, -0.15) is 0 Å². The second-order valence-corrected chi connectivity index (χ2v) is 6.68. The number of benzene rings is 1. The summed E-state index contributed by atoms with van der Waals surface area (Å²) >= 11 is 0. The number of aryl methyl sites for hydroxylation is 1. The Hall–Kier alpha value is -2.25. The quantitative estimate of drug-likeness (QED) is 0.774. The van der Waals surface area contributed by atoms with E-state index >= 15 is 0 Å². The molecule has 0 spiro atoms. The lowest BCUT2D eigenvalue weighted by atomic mass is 10.1. The van der Waals surface area contributed by atoms with E-state index in [1.54, 1.807) is 13.3 Å². The molecule has 1 aromatic heterocycles. The first-order valence-corrected chi connectivity index (χ1v) is 9.14. The molecule has 0 unspecified atom stereocenters. The summed E-state index contributed by atoms with van der Waals surface area (Å²) in [6.07, 6.45) is 4.94. The molecular weight excluding hydrogens is 330 g/mol. The van der Waals surface area contributed by atoms with Crippen molar-refractivity contribution < 1.29 is 9.53 Å². The average Bonchev–Trinajstić information content (AvgIpc) is 3.30. The summed E-state index contributed by atoms with van der Waals surface area (Å²) in [6, 6.07) is 8.64. The van der Waals surface area contributed by atoms with Gasteiger partial charge in [0.2, 0.25) is 5.91 Å². The summed E-state index contributed by atoms with van der Waals surface area (Å²) < 4.78 is 6.86. The summed E-state index contributed by atoms with van der Waals surface area (Å²) in [5.74, 6) is 0.0118. The molecule has 140 valence electrons. The molecule has 1 amide bonds. The third-order valence-corrected chi connectivity index (χ3v) is 4.92. The zero-order valence-corrected chi connectivity index (χ0v) is 15.5. The number of nitrogens with one attached hydrogen (secondary N) is 1. The highest BCUT2D eigenvalue weighted by Crippen LogP contribution is 2.24. The first kappa shape index (κ1) is 18.5. The highest BCUT2D eigenvalue weighted by molar-refractivity contribution is 5.76. The Morgan fingerprint density at radius 2 is 2.12 bits per heavy atom. The first-order chi connectivity index (χ1) is 12.7. The van der Waals surface area contributed by atoms with Crippen molar-refractivity contribution in [1.82, 2.24) is 25.2 Å². The van der Waals surface area contributed by atoms with E-state index in [0.29, 0.717) is 13.0 Å². The number of amides is 1. The van der Waals surface area contributed by atoms with Crippen molar-refractivity contribution >= 4 is 5.91 Å². The molecule has 1 fully saturated rings. The van der Waals surface area contributed by atoms with Gasteiger partial charge in [-0.1, -0.05) is 36.4 Å². The monoisotopic (exact) mass is 357 g/mol. The predicted molar refractivity (Wildman–Crippen MR) is 98.6 cm³/mol. The van der Waals surface area contributed by atoms with Gasteiger partial charge in [-0.15, -0.1) is 5.10 Å². The van der Waals surface area contributed by atoms with Gasteiger partial charge < -0.3 is 10.1 Å². The number of carbonyl (C=O) groups excluding carboxylic acids is 1. The minimum atomic E-state index is 0.00912. The van der Waals surface area contributed by atoms with Crippen LogP contribution in [0.3, 0.4) is 0 Å². The van der Waals surface area contributed by atoms with Gasteiger partial charge in [0.15, 0.2) is 0 Å². The van der Waals surface area contributed by atoms with E-state index in [9.17, 15) is 4.79 Å². The van der Waals surface area contributed by atoms with E-state index in [-0.39, 0.29) is 18.0 Å². The summed E-state index contributed by atoms with van der Waals surface area (Å²) in [5, 5.41) is 11.2. The molecule has 1 aliphatic rings. The van der Waals surface area contributed by atoms with Crippen LogP contribution >= 0.6 is 0 Å². The van der Waals surface area contributed by atoms with E-state index in [0.717, 1.165) is 26.1 Å². The van der Waals surface area contributed by atoms with Crippen molar-refractivity contribution in [3.63, 3.8) is 0 Å². The number of methoxy groups -OCH3 is 1. The van der Waals surface area contributed by atoms with Crippen LogP contribution in [0.2, 0.25) is 0 Å². The maximum Gasteiger partial charge on any atom is 0.222 e.